The van der Waals surface area contributed by atoms with Crippen LogP contribution in [0.25, 0.3) is 0 Å². The van der Waals surface area contributed by atoms with E-state index in [0.717, 1.165) is 26.1 Å². The van der Waals surface area contributed by atoms with Gasteiger partial charge in [0.2, 0.25) is 0 Å². The highest BCUT2D eigenvalue weighted by atomic mass is 16.5. The fourth-order valence-electron chi connectivity index (χ4n) is 1.25. The first kappa shape index (κ1) is 8.54. The summed E-state index contributed by atoms with van der Waals surface area (Å²) in [5.41, 5.74) is 2.86. The molecular weight excluding hydrogens is 136 g/mol. The molecule has 0 N–H and O–H groups in total. The predicted molar refractivity (Wildman–Crippen MR) is 47.6 cm³/mol. The summed E-state index contributed by atoms with van der Waals surface area (Å²) in [6.07, 6.45) is 6.61. The molecule has 0 radical (unpaired) electrons. The molecule has 1 nitrogen and oxygen atoms in total. The van der Waals surface area contributed by atoms with E-state index in [4.69, 9.17) is 4.74 Å². The molecule has 0 saturated heterocycles. The van der Waals surface area contributed by atoms with E-state index in [9.17, 15) is 0 Å². The number of hydrogen-bond acceptors (Lipinski definition) is 1. The van der Waals surface area contributed by atoms with Gasteiger partial charge in [-0.25, -0.2) is 0 Å². The van der Waals surface area contributed by atoms with Gasteiger partial charge in [-0.3, -0.25) is 0 Å². The van der Waals surface area contributed by atoms with Crippen molar-refractivity contribution in [3.63, 3.8) is 0 Å². The fraction of sp³-hybridized carbons (Fsp3) is 0.600. The molecule has 62 valence electrons. The molecule has 0 bridgehead atoms. The zero-order valence-electron chi connectivity index (χ0n) is 7.39. The zero-order valence-corrected chi connectivity index (χ0v) is 7.39. The van der Waals surface area contributed by atoms with Crippen molar-refractivity contribution in [1.29, 1.82) is 0 Å². The molecule has 0 spiro atoms. The molecule has 0 fully saturated rings. The van der Waals surface area contributed by atoms with Crippen LogP contribution in [0, 0.1) is 0 Å². The number of allylic oxidation sites excluding steroid dienone is 2. The number of rotatable bonds is 1. The Morgan fingerprint density at radius 2 is 2.36 bits per heavy atom. The van der Waals surface area contributed by atoms with Gasteiger partial charge in [0.25, 0.3) is 0 Å². The van der Waals surface area contributed by atoms with Gasteiger partial charge in [-0.15, -0.1) is 0 Å². The summed E-state index contributed by atoms with van der Waals surface area (Å²) < 4.78 is 5.34. The van der Waals surface area contributed by atoms with Crippen molar-refractivity contribution in [2.45, 2.75) is 26.7 Å². The monoisotopic (exact) mass is 152 g/mol. The number of hydrogen-bond donors (Lipinski definition) is 0. The third-order valence-corrected chi connectivity index (χ3v) is 2.11. The summed E-state index contributed by atoms with van der Waals surface area (Å²) in [4.78, 5) is 0. The Hall–Kier alpha value is -0.560. The molecule has 0 saturated carbocycles. The zero-order chi connectivity index (χ0) is 8.10. The van der Waals surface area contributed by atoms with Crippen LogP contribution < -0.4 is 0 Å². The van der Waals surface area contributed by atoms with Crippen molar-refractivity contribution >= 4 is 0 Å². The Kier molecular flexibility index (Phi) is 3.37. The highest BCUT2D eigenvalue weighted by Gasteiger charge is 2.02. The van der Waals surface area contributed by atoms with E-state index in [2.05, 4.69) is 26.0 Å². The van der Waals surface area contributed by atoms with Gasteiger partial charge >= 0.3 is 0 Å². The molecule has 1 aliphatic heterocycles. The lowest BCUT2D eigenvalue weighted by molar-refractivity contribution is 0.147. The summed E-state index contributed by atoms with van der Waals surface area (Å²) in [5.74, 6) is 0. The molecule has 0 atom stereocenters. The Labute approximate surface area is 68.8 Å². The van der Waals surface area contributed by atoms with E-state index < -0.39 is 0 Å². The Bertz CT molecular complexity index is 177. The van der Waals surface area contributed by atoms with Crippen LogP contribution in [0.2, 0.25) is 0 Å². The normalized spacial score (nSPS) is 20.9. The lowest BCUT2D eigenvalue weighted by Crippen LogP contribution is -1.93. The van der Waals surface area contributed by atoms with E-state index in [0.29, 0.717) is 0 Å². The second-order valence-corrected chi connectivity index (χ2v) is 2.85. The van der Waals surface area contributed by atoms with E-state index in [-0.39, 0.29) is 0 Å². The number of ether oxygens (including phenoxy) is 1. The van der Waals surface area contributed by atoms with Gasteiger partial charge in [0, 0.05) is 0 Å². The Balaban J connectivity index is 2.60. The SMILES string of the molecule is C/C=C(\C)C1=CCCOCC1. The molecule has 1 heterocycles. The summed E-state index contributed by atoms with van der Waals surface area (Å²) >= 11 is 0. The van der Waals surface area contributed by atoms with Gasteiger partial charge in [-0.2, -0.15) is 0 Å². The van der Waals surface area contributed by atoms with Gasteiger partial charge < -0.3 is 4.74 Å². The molecule has 0 aromatic rings. The molecule has 1 heteroatoms. The first-order chi connectivity index (χ1) is 5.34. The minimum Gasteiger partial charge on any atom is -0.381 e. The summed E-state index contributed by atoms with van der Waals surface area (Å²) in [6.45, 7) is 6.02. The third-order valence-electron chi connectivity index (χ3n) is 2.11. The molecule has 11 heavy (non-hydrogen) atoms. The van der Waals surface area contributed by atoms with E-state index in [1.54, 1.807) is 0 Å². The quantitative estimate of drug-likeness (QED) is 0.561. The van der Waals surface area contributed by atoms with Crippen LogP contribution in [-0.4, -0.2) is 13.2 Å². The van der Waals surface area contributed by atoms with Gasteiger partial charge in [0.1, 0.15) is 0 Å². The van der Waals surface area contributed by atoms with Crippen LogP contribution in [0.1, 0.15) is 26.7 Å². The maximum Gasteiger partial charge on any atom is 0.0506 e. The van der Waals surface area contributed by atoms with Crippen molar-refractivity contribution < 1.29 is 4.74 Å². The summed E-state index contributed by atoms with van der Waals surface area (Å²) in [5, 5.41) is 0. The smallest absolute Gasteiger partial charge is 0.0506 e. The molecule has 0 amide bonds. The maximum absolute atomic E-state index is 5.34. The molecular formula is C10H16O. The largest absolute Gasteiger partial charge is 0.381 e. The maximum atomic E-state index is 5.34. The van der Waals surface area contributed by atoms with Crippen molar-refractivity contribution in [2.75, 3.05) is 13.2 Å². The first-order valence-electron chi connectivity index (χ1n) is 4.24. The van der Waals surface area contributed by atoms with Crippen molar-refractivity contribution in [3.05, 3.63) is 23.3 Å². The first-order valence-corrected chi connectivity index (χ1v) is 4.24. The van der Waals surface area contributed by atoms with Gasteiger partial charge in [-0.05, 0) is 32.3 Å². The molecule has 0 unspecified atom stereocenters. The lowest BCUT2D eigenvalue weighted by Gasteiger charge is -2.03. The average molecular weight is 152 g/mol. The highest BCUT2D eigenvalue weighted by Crippen LogP contribution is 2.16. The van der Waals surface area contributed by atoms with Crippen LogP contribution >= 0.6 is 0 Å². The van der Waals surface area contributed by atoms with Crippen LogP contribution in [0.3, 0.4) is 0 Å². The van der Waals surface area contributed by atoms with Crippen LogP contribution in [-0.2, 0) is 4.74 Å². The Morgan fingerprint density at radius 1 is 1.55 bits per heavy atom. The van der Waals surface area contributed by atoms with E-state index in [1.165, 1.54) is 11.1 Å². The van der Waals surface area contributed by atoms with Crippen LogP contribution in [0.4, 0.5) is 0 Å². The molecule has 0 aromatic heterocycles. The predicted octanol–water partition coefficient (Wildman–Crippen LogP) is 2.69. The minimum absolute atomic E-state index is 0.886. The van der Waals surface area contributed by atoms with E-state index >= 15 is 0 Å². The second-order valence-electron chi connectivity index (χ2n) is 2.85. The van der Waals surface area contributed by atoms with Gasteiger partial charge in [0.05, 0.1) is 13.2 Å². The van der Waals surface area contributed by atoms with E-state index in [1.807, 2.05) is 0 Å². The summed E-state index contributed by atoms with van der Waals surface area (Å²) in [6, 6.07) is 0. The fourth-order valence-corrected chi connectivity index (χ4v) is 1.25. The molecule has 0 aromatic carbocycles. The molecule has 0 aliphatic carbocycles. The van der Waals surface area contributed by atoms with Crippen molar-refractivity contribution in [2.24, 2.45) is 0 Å². The second kappa shape index (κ2) is 4.35. The lowest BCUT2D eigenvalue weighted by atomic mass is 10.0. The molecule has 1 aliphatic rings. The molecule has 1 rings (SSSR count). The van der Waals surface area contributed by atoms with Crippen molar-refractivity contribution in [3.8, 4) is 0 Å². The average Bonchev–Trinajstić information content (AvgIpc) is 2.30. The third kappa shape index (κ3) is 2.51. The Morgan fingerprint density at radius 3 is 3.09 bits per heavy atom. The van der Waals surface area contributed by atoms with Crippen LogP contribution in [0.15, 0.2) is 23.3 Å². The van der Waals surface area contributed by atoms with Crippen molar-refractivity contribution in [1.82, 2.24) is 0 Å². The topological polar surface area (TPSA) is 9.23 Å². The van der Waals surface area contributed by atoms with Gasteiger partial charge in [-0.1, -0.05) is 17.7 Å². The standard InChI is InChI=1S/C10H16O/c1-3-9(2)10-5-4-7-11-8-6-10/h3,5H,4,6-8H2,1-2H3/b9-3+. The van der Waals surface area contributed by atoms with Gasteiger partial charge in [0.15, 0.2) is 0 Å². The highest BCUT2D eigenvalue weighted by molar-refractivity contribution is 5.28. The van der Waals surface area contributed by atoms with Crippen LogP contribution in [0.5, 0.6) is 0 Å². The summed E-state index contributed by atoms with van der Waals surface area (Å²) in [7, 11) is 0. The minimum atomic E-state index is 0.886.